The number of hydrogen-bond acceptors (Lipinski definition) is 3. The third-order valence-electron chi connectivity index (χ3n) is 5.48. The van der Waals surface area contributed by atoms with Crippen molar-refractivity contribution >= 4 is 10.0 Å². The Labute approximate surface area is 166 Å². The van der Waals surface area contributed by atoms with Gasteiger partial charge in [0, 0.05) is 32.3 Å². The van der Waals surface area contributed by atoms with Crippen LogP contribution in [0.5, 0.6) is 0 Å². The van der Waals surface area contributed by atoms with Crippen LogP contribution in [-0.4, -0.2) is 29.0 Å². The summed E-state index contributed by atoms with van der Waals surface area (Å²) in [4.78, 5) is 0.348. The molecule has 1 atom stereocenters. The van der Waals surface area contributed by atoms with E-state index in [1.54, 1.807) is 21.1 Å². The minimum absolute atomic E-state index is 0.0247. The molecule has 0 amide bonds. The molecule has 6 heteroatoms. The molecule has 4 rings (SSSR count). The maximum atomic E-state index is 13.4. The number of sulfonamides is 1. The highest BCUT2D eigenvalue weighted by atomic mass is 32.2. The molecule has 3 aromatic rings. The highest BCUT2D eigenvalue weighted by molar-refractivity contribution is 7.89. The van der Waals surface area contributed by atoms with E-state index in [1.807, 2.05) is 49.8 Å². The molecule has 28 heavy (non-hydrogen) atoms. The van der Waals surface area contributed by atoms with Crippen LogP contribution in [0.3, 0.4) is 0 Å². The van der Waals surface area contributed by atoms with Gasteiger partial charge in [-0.25, -0.2) is 8.42 Å². The van der Waals surface area contributed by atoms with Crippen molar-refractivity contribution in [2.45, 2.75) is 37.1 Å². The van der Waals surface area contributed by atoms with E-state index in [0.29, 0.717) is 23.9 Å². The standard InChI is InChI=1S/C22H25N3O2S/c1-16(2)17-8-10-20(11-9-17)28(26,27)25-14-18-6-4-5-7-21(18)22(15-25)19-12-23-24(3)13-19/h4-13,16,22H,14-15H2,1-3H3. The molecule has 1 aliphatic rings. The van der Waals surface area contributed by atoms with Crippen molar-refractivity contribution in [3.63, 3.8) is 0 Å². The summed E-state index contributed by atoms with van der Waals surface area (Å²) in [6, 6.07) is 15.4. The van der Waals surface area contributed by atoms with Gasteiger partial charge in [-0.1, -0.05) is 50.2 Å². The highest BCUT2D eigenvalue weighted by Gasteiger charge is 2.34. The molecule has 146 valence electrons. The van der Waals surface area contributed by atoms with E-state index in [1.165, 1.54) is 5.56 Å². The van der Waals surface area contributed by atoms with Gasteiger partial charge in [0.15, 0.2) is 0 Å². The number of aryl methyl sites for hydroxylation is 1. The predicted molar refractivity (Wildman–Crippen MR) is 110 cm³/mol. The Balaban J connectivity index is 1.72. The van der Waals surface area contributed by atoms with Crippen LogP contribution in [0.2, 0.25) is 0 Å². The van der Waals surface area contributed by atoms with Crippen molar-refractivity contribution in [1.82, 2.24) is 14.1 Å². The normalized spacial score (nSPS) is 17.6. The van der Waals surface area contributed by atoms with E-state index >= 15 is 0 Å². The third-order valence-corrected chi connectivity index (χ3v) is 7.30. The van der Waals surface area contributed by atoms with Crippen LogP contribution >= 0.6 is 0 Å². The van der Waals surface area contributed by atoms with Crippen LogP contribution < -0.4 is 0 Å². The van der Waals surface area contributed by atoms with Gasteiger partial charge >= 0.3 is 0 Å². The first-order valence-corrected chi connectivity index (χ1v) is 11.0. The molecular formula is C22H25N3O2S. The fourth-order valence-corrected chi connectivity index (χ4v) is 5.27. The molecule has 2 aromatic carbocycles. The molecule has 1 aromatic heterocycles. The van der Waals surface area contributed by atoms with E-state index in [4.69, 9.17) is 0 Å². The van der Waals surface area contributed by atoms with Gasteiger partial charge in [-0.05, 0) is 40.3 Å². The SMILES string of the molecule is CC(C)c1ccc(S(=O)(=O)N2Cc3ccccc3C(c3cnn(C)c3)C2)cc1. The van der Waals surface area contributed by atoms with E-state index < -0.39 is 10.0 Å². The second-order valence-corrected chi connectivity index (χ2v) is 9.66. The average Bonchev–Trinajstić information content (AvgIpc) is 3.13. The van der Waals surface area contributed by atoms with Gasteiger partial charge < -0.3 is 0 Å². The topological polar surface area (TPSA) is 55.2 Å². The van der Waals surface area contributed by atoms with Crippen LogP contribution in [0.1, 0.15) is 47.9 Å². The van der Waals surface area contributed by atoms with Gasteiger partial charge in [0.05, 0.1) is 11.1 Å². The van der Waals surface area contributed by atoms with Crippen molar-refractivity contribution in [2.24, 2.45) is 7.05 Å². The molecule has 0 saturated carbocycles. The predicted octanol–water partition coefficient (Wildman–Crippen LogP) is 3.88. The van der Waals surface area contributed by atoms with Crippen LogP contribution in [0.25, 0.3) is 0 Å². The summed E-state index contributed by atoms with van der Waals surface area (Å²) in [5.41, 5.74) is 4.39. The monoisotopic (exact) mass is 395 g/mol. The number of hydrogen-bond donors (Lipinski definition) is 0. The quantitative estimate of drug-likeness (QED) is 0.674. The van der Waals surface area contributed by atoms with Crippen molar-refractivity contribution in [3.8, 4) is 0 Å². The Morgan fingerprint density at radius 2 is 1.79 bits per heavy atom. The van der Waals surface area contributed by atoms with E-state index in [9.17, 15) is 8.42 Å². The molecule has 0 radical (unpaired) electrons. The minimum atomic E-state index is -3.58. The average molecular weight is 396 g/mol. The van der Waals surface area contributed by atoms with Crippen molar-refractivity contribution < 1.29 is 8.42 Å². The molecule has 0 fully saturated rings. The van der Waals surface area contributed by atoms with Gasteiger partial charge in [0.1, 0.15) is 0 Å². The first-order valence-electron chi connectivity index (χ1n) is 9.52. The maximum absolute atomic E-state index is 13.4. The van der Waals surface area contributed by atoms with E-state index in [-0.39, 0.29) is 5.92 Å². The minimum Gasteiger partial charge on any atom is -0.276 e. The van der Waals surface area contributed by atoms with Crippen LogP contribution in [0.15, 0.2) is 65.8 Å². The number of nitrogens with zero attached hydrogens (tertiary/aromatic N) is 3. The number of rotatable bonds is 4. The second kappa shape index (κ2) is 7.18. The third kappa shape index (κ3) is 3.38. The van der Waals surface area contributed by atoms with Crippen LogP contribution in [-0.2, 0) is 23.6 Å². The molecular weight excluding hydrogens is 370 g/mol. The number of benzene rings is 2. The van der Waals surface area contributed by atoms with Gasteiger partial charge in [-0.15, -0.1) is 0 Å². The second-order valence-electron chi connectivity index (χ2n) is 7.72. The van der Waals surface area contributed by atoms with E-state index in [2.05, 4.69) is 25.0 Å². The Bertz CT molecular complexity index is 1080. The smallest absolute Gasteiger partial charge is 0.243 e. The summed E-state index contributed by atoms with van der Waals surface area (Å²) in [7, 11) is -1.70. The van der Waals surface area contributed by atoms with Gasteiger partial charge in [-0.2, -0.15) is 9.40 Å². The molecule has 0 spiro atoms. The zero-order valence-corrected chi connectivity index (χ0v) is 17.2. The molecule has 0 saturated heterocycles. The fourth-order valence-electron chi connectivity index (χ4n) is 3.84. The summed E-state index contributed by atoms with van der Waals surface area (Å²) in [5.74, 6) is 0.344. The van der Waals surface area contributed by atoms with Crippen LogP contribution in [0.4, 0.5) is 0 Å². The summed E-state index contributed by atoms with van der Waals surface area (Å²) < 4.78 is 30.1. The molecule has 0 N–H and O–H groups in total. The molecule has 1 unspecified atom stereocenters. The number of aromatic nitrogens is 2. The summed E-state index contributed by atoms with van der Waals surface area (Å²) in [6.45, 7) is 5.01. The Hall–Kier alpha value is -2.44. The first-order chi connectivity index (χ1) is 13.4. The maximum Gasteiger partial charge on any atom is 0.243 e. The Morgan fingerprint density at radius 1 is 1.07 bits per heavy atom. The molecule has 1 aliphatic heterocycles. The molecule has 5 nitrogen and oxygen atoms in total. The Kier molecular flexibility index (Phi) is 4.85. The van der Waals surface area contributed by atoms with Crippen molar-refractivity contribution in [3.05, 3.63) is 83.2 Å². The van der Waals surface area contributed by atoms with Crippen LogP contribution in [0, 0.1) is 0 Å². The zero-order valence-electron chi connectivity index (χ0n) is 16.4. The lowest BCUT2D eigenvalue weighted by Gasteiger charge is -2.33. The van der Waals surface area contributed by atoms with Crippen molar-refractivity contribution in [2.75, 3.05) is 6.54 Å². The lowest BCUT2D eigenvalue weighted by atomic mass is 9.87. The van der Waals surface area contributed by atoms with Gasteiger partial charge in [0.25, 0.3) is 0 Å². The highest BCUT2D eigenvalue weighted by Crippen LogP contribution is 2.35. The van der Waals surface area contributed by atoms with E-state index in [0.717, 1.165) is 16.7 Å². The number of fused-ring (bicyclic) bond motifs is 1. The largest absolute Gasteiger partial charge is 0.276 e. The Morgan fingerprint density at radius 3 is 2.43 bits per heavy atom. The lowest BCUT2D eigenvalue weighted by molar-refractivity contribution is 0.371. The zero-order chi connectivity index (χ0) is 19.9. The summed E-state index contributed by atoms with van der Waals surface area (Å²) >= 11 is 0. The molecule has 2 heterocycles. The van der Waals surface area contributed by atoms with Gasteiger partial charge in [0.2, 0.25) is 10.0 Å². The summed E-state index contributed by atoms with van der Waals surface area (Å²) in [5, 5.41) is 4.28. The molecule has 0 aliphatic carbocycles. The van der Waals surface area contributed by atoms with Crippen molar-refractivity contribution in [1.29, 1.82) is 0 Å². The molecule has 0 bridgehead atoms. The fraction of sp³-hybridized carbons (Fsp3) is 0.318. The summed E-state index contributed by atoms with van der Waals surface area (Å²) in [6.07, 6.45) is 3.80. The lowest BCUT2D eigenvalue weighted by Crippen LogP contribution is -2.38. The van der Waals surface area contributed by atoms with Gasteiger partial charge in [-0.3, -0.25) is 4.68 Å². The first kappa shape index (κ1) is 18.9.